The second kappa shape index (κ2) is 7.82. The summed E-state index contributed by atoms with van der Waals surface area (Å²) in [6, 6.07) is 4.53. The number of ketones is 1. The molecule has 0 unspecified atom stereocenters. The third kappa shape index (κ3) is 3.94. The number of pyridine rings is 2. The summed E-state index contributed by atoms with van der Waals surface area (Å²) in [6.07, 6.45) is 9.25. The van der Waals surface area contributed by atoms with E-state index in [9.17, 15) is 4.79 Å². The Bertz CT molecular complexity index is 1260. The molecule has 0 spiro atoms. The summed E-state index contributed by atoms with van der Waals surface area (Å²) in [5.74, 6) is 0.0434. The zero-order valence-electron chi connectivity index (χ0n) is 17.7. The molecule has 1 fully saturated rings. The first-order valence-electron chi connectivity index (χ1n) is 10.1. The van der Waals surface area contributed by atoms with Gasteiger partial charge >= 0.3 is 0 Å². The van der Waals surface area contributed by atoms with Crippen LogP contribution in [0.15, 0.2) is 43.1 Å². The minimum atomic E-state index is 0.0434. The van der Waals surface area contributed by atoms with Crippen molar-refractivity contribution in [3.63, 3.8) is 0 Å². The highest BCUT2D eigenvalue weighted by molar-refractivity contribution is 7.17. The van der Waals surface area contributed by atoms with E-state index >= 15 is 0 Å². The van der Waals surface area contributed by atoms with E-state index in [0.717, 1.165) is 45.9 Å². The summed E-state index contributed by atoms with van der Waals surface area (Å²) in [5, 5.41) is 7.07. The molecule has 1 aliphatic rings. The first-order valence-corrected chi connectivity index (χ1v) is 10.9. The molecule has 1 saturated heterocycles. The number of fused-ring (bicyclic) bond motifs is 1. The molecule has 4 aromatic heterocycles. The van der Waals surface area contributed by atoms with Crippen LogP contribution >= 0.6 is 11.3 Å². The van der Waals surface area contributed by atoms with Crippen molar-refractivity contribution in [1.29, 1.82) is 0 Å². The Labute approximate surface area is 184 Å². The molecule has 0 radical (unpaired) electrons. The van der Waals surface area contributed by atoms with Crippen LogP contribution in [-0.2, 0) is 13.5 Å². The van der Waals surface area contributed by atoms with Gasteiger partial charge in [-0.05, 0) is 31.6 Å². The van der Waals surface area contributed by atoms with Gasteiger partial charge in [-0.2, -0.15) is 5.10 Å². The molecule has 0 N–H and O–H groups in total. The van der Waals surface area contributed by atoms with Crippen LogP contribution < -0.4 is 4.90 Å². The fourth-order valence-corrected chi connectivity index (χ4v) is 4.49. The third-order valence-corrected chi connectivity index (χ3v) is 6.73. The minimum absolute atomic E-state index is 0.0434. The van der Waals surface area contributed by atoms with Crippen LogP contribution in [0.25, 0.3) is 22.0 Å². The van der Waals surface area contributed by atoms with E-state index in [1.807, 2.05) is 25.4 Å². The Morgan fingerprint density at radius 3 is 2.65 bits per heavy atom. The number of Topliss-reactive ketones (excluding diaryl/α,β-unsaturated/α-hetero) is 1. The van der Waals surface area contributed by atoms with Gasteiger partial charge in [-0.1, -0.05) is 11.3 Å². The molecule has 0 aliphatic carbocycles. The van der Waals surface area contributed by atoms with Crippen molar-refractivity contribution in [3.05, 3.63) is 53.7 Å². The van der Waals surface area contributed by atoms with E-state index in [0.29, 0.717) is 10.9 Å². The maximum atomic E-state index is 12.8. The maximum absolute atomic E-state index is 12.8. The summed E-state index contributed by atoms with van der Waals surface area (Å²) < 4.78 is 1.75. The lowest BCUT2D eigenvalue weighted by atomic mass is 10.1. The SMILES string of the molecule is CN(C)C1CN(c2ncc(C(=O)Cc3cc4cc(-c5cnn(C)c5)ncc4cn3)s2)C1. The number of hydrogen-bond acceptors (Lipinski definition) is 8. The van der Waals surface area contributed by atoms with E-state index < -0.39 is 0 Å². The molecule has 4 aromatic rings. The highest BCUT2D eigenvalue weighted by atomic mass is 32.1. The molecule has 8 nitrogen and oxygen atoms in total. The molecule has 9 heteroatoms. The predicted octanol–water partition coefficient (Wildman–Crippen LogP) is 2.66. The second-order valence-corrected chi connectivity index (χ2v) is 9.13. The largest absolute Gasteiger partial charge is 0.345 e. The molecule has 0 atom stereocenters. The number of carbonyl (C=O) groups excluding carboxylic acids is 1. The minimum Gasteiger partial charge on any atom is -0.345 e. The second-order valence-electron chi connectivity index (χ2n) is 8.12. The van der Waals surface area contributed by atoms with Gasteiger partial charge in [-0.15, -0.1) is 0 Å². The van der Waals surface area contributed by atoms with Crippen molar-refractivity contribution >= 4 is 33.0 Å². The van der Waals surface area contributed by atoms with Gasteiger partial charge in [0.1, 0.15) is 0 Å². The van der Waals surface area contributed by atoms with Gasteiger partial charge in [0.05, 0.1) is 29.4 Å². The van der Waals surface area contributed by atoms with Gasteiger partial charge in [-0.25, -0.2) is 4.98 Å². The van der Waals surface area contributed by atoms with Crippen molar-refractivity contribution in [1.82, 2.24) is 29.6 Å². The van der Waals surface area contributed by atoms with Crippen LogP contribution in [0.2, 0.25) is 0 Å². The van der Waals surface area contributed by atoms with Crippen molar-refractivity contribution in [2.24, 2.45) is 7.05 Å². The number of aryl methyl sites for hydroxylation is 1. The molecule has 5 rings (SSSR count). The number of carbonyl (C=O) groups is 1. The van der Waals surface area contributed by atoms with Crippen molar-refractivity contribution in [2.75, 3.05) is 32.1 Å². The van der Waals surface area contributed by atoms with Crippen LogP contribution in [0.5, 0.6) is 0 Å². The van der Waals surface area contributed by atoms with Crippen LogP contribution in [0.4, 0.5) is 5.13 Å². The van der Waals surface area contributed by atoms with Crippen molar-refractivity contribution < 1.29 is 4.79 Å². The molecule has 1 aliphatic heterocycles. The predicted molar refractivity (Wildman–Crippen MR) is 122 cm³/mol. The number of thiazole rings is 1. The van der Waals surface area contributed by atoms with Crippen molar-refractivity contribution in [3.8, 4) is 11.3 Å². The lowest BCUT2D eigenvalue weighted by molar-refractivity contribution is 0.0995. The van der Waals surface area contributed by atoms with E-state index in [4.69, 9.17) is 0 Å². The standard InChI is InChI=1S/C22H23N7OS/c1-27(2)18-12-29(13-18)22-25-10-21(31-22)20(30)6-17-4-14-5-19(16-9-26-28(3)11-16)24-8-15(14)7-23-17/h4-5,7-11,18H,6,12-13H2,1-3H3. The zero-order valence-corrected chi connectivity index (χ0v) is 18.5. The molecule has 158 valence electrons. The van der Waals surface area contributed by atoms with Crippen molar-refractivity contribution in [2.45, 2.75) is 12.5 Å². The molecule has 0 aromatic carbocycles. The number of aromatic nitrogens is 5. The Morgan fingerprint density at radius 2 is 1.90 bits per heavy atom. The fourth-order valence-electron chi connectivity index (χ4n) is 3.62. The Balaban J connectivity index is 1.31. The van der Waals surface area contributed by atoms with Crippen LogP contribution in [0.1, 0.15) is 15.4 Å². The van der Waals surface area contributed by atoms with Gasteiger partial charge < -0.3 is 9.80 Å². The molecule has 31 heavy (non-hydrogen) atoms. The summed E-state index contributed by atoms with van der Waals surface area (Å²) in [6.45, 7) is 1.90. The van der Waals surface area contributed by atoms with E-state index in [-0.39, 0.29) is 12.2 Å². The lowest BCUT2D eigenvalue weighted by Gasteiger charge is -2.42. The first-order chi connectivity index (χ1) is 15.0. The Hall–Kier alpha value is -3.17. The van der Waals surface area contributed by atoms with Gasteiger partial charge in [0.2, 0.25) is 0 Å². The zero-order chi connectivity index (χ0) is 21.5. The fraction of sp³-hybridized carbons (Fsp3) is 0.318. The summed E-state index contributed by atoms with van der Waals surface area (Å²) in [7, 11) is 6.06. The highest BCUT2D eigenvalue weighted by Gasteiger charge is 2.30. The number of hydrogen-bond donors (Lipinski definition) is 0. The van der Waals surface area contributed by atoms with Gasteiger partial charge in [0.15, 0.2) is 10.9 Å². The molecule has 0 amide bonds. The molecule has 0 saturated carbocycles. The normalized spacial score (nSPS) is 14.4. The Kier molecular flexibility index (Phi) is 4.99. The number of anilines is 1. The van der Waals surface area contributed by atoms with E-state index in [1.54, 1.807) is 29.5 Å². The lowest BCUT2D eigenvalue weighted by Crippen LogP contribution is -2.57. The first kappa shape index (κ1) is 19.8. The average Bonchev–Trinajstić information content (AvgIpc) is 3.35. The van der Waals surface area contributed by atoms with Crippen LogP contribution in [0, 0.1) is 0 Å². The summed E-state index contributed by atoms with van der Waals surface area (Å²) >= 11 is 1.46. The summed E-state index contributed by atoms with van der Waals surface area (Å²) in [5.41, 5.74) is 2.55. The summed E-state index contributed by atoms with van der Waals surface area (Å²) in [4.78, 5) is 31.4. The topological polar surface area (TPSA) is 80.0 Å². The molecular formula is C22H23N7OS. The van der Waals surface area contributed by atoms with E-state index in [2.05, 4.69) is 43.9 Å². The number of likely N-dealkylation sites (N-methyl/N-ethyl adjacent to an activating group) is 1. The van der Waals surface area contributed by atoms with E-state index in [1.165, 1.54) is 11.3 Å². The van der Waals surface area contributed by atoms with Gasteiger partial charge in [0.25, 0.3) is 0 Å². The quantitative estimate of drug-likeness (QED) is 0.433. The smallest absolute Gasteiger partial charge is 0.186 e. The van der Waals surface area contributed by atoms with Gasteiger partial charge in [-0.3, -0.25) is 19.4 Å². The number of rotatable bonds is 6. The average molecular weight is 434 g/mol. The highest BCUT2D eigenvalue weighted by Crippen LogP contribution is 2.29. The molecular weight excluding hydrogens is 410 g/mol. The Morgan fingerprint density at radius 1 is 1.10 bits per heavy atom. The van der Waals surface area contributed by atoms with Gasteiger partial charge in [0, 0.05) is 61.4 Å². The molecule has 0 bridgehead atoms. The molecule has 5 heterocycles. The third-order valence-electron chi connectivity index (χ3n) is 5.63. The van der Waals surface area contributed by atoms with Crippen LogP contribution in [-0.4, -0.2) is 68.6 Å². The maximum Gasteiger partial charge on any atom is 0.186 e. The monoisotopic (exact) mass is 433 g/mol. The van der Waals surface area contributed by atoms with Crippen LogP contribution in [0.3, 0.4) is 0 Å². The number of nitrogens with zero attached hydrogens (tertiary/aromatic N) is 7.